The number of benzene rings is 1. The quantitative estimate of drug-likeness (QED) is 0.796. The van der Waals surface area contributed by atoms with E-state index >= 15 is 0 Å². The summed E-state index contributed by atoms with van der Waals surface area (Å²) in [4.78, 5) is 21.7. The molecular weight excluding hydrogens is 251 g/mol. The molecule has 1 amide bonds. The number of hydrogen-bond acceptors (Lipinski definition) is 2. The minimum Gasteiger partial charge on any atom is -0.478 e. The van der Waals surface area contributed by atoms with Gasteiger partial charge in [0, 0.05) is 0 Å². The number of terminal acetylenes is 1. The largest absolute Gasteiger partial charge is 0.478 e. The van der Waals surface area contributed by atoms with Gasteiger partial charge in [-0.15, -0.1) is 6.42 Å². The Morgan fingerprint density at radius 1 is 1.33 bits per heavy atom. The summed E-state index contributed by atoms with van der Waals surface area (Å²) in [5.41, 5.74) is -2.11. The second-order valence-corrected chi connectivity index (χ2v) is 3.16. The first-order chi connectivity index (χ1) is 8.25. The molecule has 1 rings (SSSR count). The van der Waals surface area contributed by atoms with Crippen LogP contribution in [0.4, 0.5) is 18.9 Å². The molecule has 0 aliphatic carbocycles. The van der Waals surface area contributed by atoms with Crippen molar-refractivity contribution in [2.75, 3.05) is 5.32 Å². The molecule has 1 aromatic rings. The van der Waals surface area contributed by atoms with E-state index in [2.05, 4.69) is 0 Å². The van der Waals surface area contributed by atoms with E-state index in [1.807, 2.05) is 5.32 Å². The first-order valence-corrected chi connectivity index (χ1v) is 4.48. The van der Waals surface area contributed by atoms with E-state index < -0.39 is 29.2 Å². The number of hydrogen-bond donors (Lipinski definition) is 2. The van der Waals surface area contributed by atoms with Crippen LogP contribution in [-0.2, 0) is 11.0 Å². The summed E-state index contributed by atoms with van der Waals surface area (Å²) in [6.07, 6.45) is 0.0879. The maximum absolute atomic E-state index is 12.4. The van der Waals surface area contributed by atoms with Crippen molar-refractivity contribution in [1.29, 1.82) is 0 Å². The lowest BCUT2D eigenvalue weighted by molar-refractivity contribution is -0.137. The smallest absolute Gasteiger partial charge is 0.416 e. The van der Waals surface area contributed by atoms with Crippen molar-refractivity contribution < 1.29 is 27.9 Å². The highest BCUT2D eigenvalue weighted by Crippen LogP contribution is 2.31. The molecular formula is C11H6F3NO3. The van der Waals surface area contributed by atoms with Crippen LogP contribution in [0, 0.1) is 12.3 Å². The number of aromatic carboxylic acids is 1. The predicted octanol–water partition coefficient (Wildman–Crippen LogP) is 1.98. The Kier molecular flexibility index (Phi) is 3.61. The highest BCUT2D eigenvalue weighted by atomic mass is 19.4. The second kappa shape index (κ2) is 4.79. The Hall–Kier alpha value is -2.49. The van der Waals surface area contributed by atoms with Gasteiger partial charge in [0.2, 0.25) is 0 Å². The van der Waals surface area contributed by atoms with Crippen LogP contribution in [0.25, 0.3) is 0 Å². The van der Waals surface area contributed by atoms with Crippen molar-refractivity contribution in [2.24, 2.45) is 0 Å². The fourth-order valence-corrected chi connectivity index (χ4v) is 1.16. The van der Waals surface area contributed by atoms with Gasteiger partial charge >= 0.3 is 12.1 Å². The molecule has 0 fully saturated rings. The molecule has 18 heavy (non-hydrogen) atoms. The molecule has 7 heteroatoms. The molecule has 0 radical (unpaired) electrons. The first-order valence-electron chi connectivity index (χ1n) is 4.48. The Labute approximate surface area is 99.4 Å². The first kappa shape index (κ1) is 13.6. The zero-order chi connectivity index (χ0) is 13.9. The summed E-state index contributed by atoms with van der Waals surface area (Å²) in [7, 11) is 0. The van der Waals surface area contributed by atoms with Gasteiger partial charge in [-0.25, -0.2) is 4.79 Å². The van der Waals surface area contributed by atoms with Gasteiger partial charge in [0.25, 0.3) is 5.91 Å². The molecule has 0 aliphatic rings. The molecule has 0 heterocycles. The molecule has 4 nitrogen and oxygen atoms in total. The summed E-state index contributed by atoms with van der Waals surface area (Å²) in [6.45, 7) is 0. The Bertz CT molecular complexity index is 543. The van der Waals surface area contributed by atoms with Crippen molar-refractivity contribution >= 4 is 17.6 Å². The van der Waals surface area contributed by atoms with E-state index in [9.17, 15) is 22.8 Å². The minimum absolute atomic E-state index is 0.293. The Balaban J connectivity index is 3.26. The Morgan fingerprint density at radius 3 is 2.39 bits per heavy atom. The van der Waals surface area contributed by atoms with Gasteiger partial charge in [0.15, 0.2) is 0 Å². The van der Waals surface area contributed by atoms with Crippen molar-refractivity contribution in [1.82, 2.24) is 0 Å². The highest BCUT2D eigenvalue weighted by molar-refractivity contribution is 6.07. The fraction of sp³-hybridized carbons (Fsp3) is 0.0909. The summed E-state index contributed by atoms with van der Waals surface area (Å²) in [5.74, 6) is -0.891. The van der Waals surface area contributed by atoms with E-state index in [1.54, 1.807) is 5.92 Å². The highest BCUT2D eigenvalue weighted by Gasteiger charge is 2.31. The van der Waals surface area contributed by atoms with E-state index in [4.69, 9.17) is 11.5 Å². The van der Waals surface area contributed by atoms with Crippen LogP contribution < -0.4 is 5.32 Å². The summed E-state index contributed by atoms with van der Waals surface area (Å²) < 4.78 is 37.1. The van der Waals surface area contributed by atoms with Crippen LogP contribution >= 0.6 is 0 Å². The number of rotatable bonds is 2. The van der Waals surface area contributed by atoms with Crippen LogP contribution in [0.15, 0.2) is 18.2 Å². The maximum atomic E-state index is 12.4. The average Bonchev–Trinajstić information content (AvgIpc) is 2.27. The molecule has 0 unspecified atom stereocenters. The third-order valence-electron chi connectivity index (χ3n) is 1.96. The maximum Gasteiger partial charge on any atom is 0.416 e. The van der Waals surface area contributed by atoms with E-state index in [0.29, 0.717) is 12.1 Å². The van der Waals surface area contributed by atoms with Gasteiger partial charge in [-0.05, 0) is 24.1 Å². The van der Waals surface area contributed by atoms with Crippen LogP contribution in [0.1, 0.15) is 15.9 Å². The minimum atomic E-state index is -4.67. The number of amides is 1. The van der Waals surface area contributed by atoms with Gasteiger partial charge in [-0.1, -0.05) is 0 Å². The molecule has 1 aromatic carbocycles. The number of carboxylic acid groups (broad SMARTS) is 1. The zero-order valence-corrected chi connectivity index (χ0v) is 8.71. The Morgan fingerprint density at radius 2 is 1.94 bits per heavy atom. The van der Waals surface area contributed by atoms with Gasteiger partial charge < -0.3 is 10.4 Å². The molecule has 0 bridgehead atoms. The summed E-state index contributed by atoms with van der Waals surface area (Å²) in [6, 6.07) is 1.91. The van der Waals surface area contributed by atoms with Gasteiger partial charge in [0.05, 0.1) is 16.8 Å². The van der Waals surface area contributed by atoms with Crippen molar-refractivity contribution in [3.05, 3.63) is 29.3 Å². The second-order valence-electron chi connectivity index (χ2n) is 3.16. The number of alkyl halides is 3. The number of carbonyl (C=O) groups is 2. The van der Waals surface area contributed by atoms with Crippen LogP contribution in [0.2, 0.25) is 0 Å². The molecule has 0 saturated carbocycles. The topological polar surface area (TPSA) is 66.4 Å². The van der Waals surface area contributed by atoms with E-state index in [0.717, 1.165) is 6.07 Å². The monoisotopic (exact) mass is 257 g/mol. The van der Waals surface area contributed by atoms with Crippen LogP contribution in [-0.4, -0.2) is 17.0 Å². The third-order valence-corrected chi connectivity index (χ3v) is 1.96. The number of carbonyl (C=O) groups excluding carboxylic acids is 1. The molecule has 0 spiro atoms. The molecule has 0 aromatic heterocycles. The standard InChI is InChI=1S/C11H6F3NO3/c1-2-9(16)15-8-4-3-6(11(12,13)14)5-7(8)10(17)18/h1,3-5H,(H,15,16)(H,17,18). The SMILES string of the molecule is C#CC(=O)Nc1ccc(C(F)(F)F)cc1C(=O)O. The molecule has 2 N–H and O–H groups in total. The number of carboxylic acids is 1. The predicted molar refractivity (Wildman–Crippen MR) is 55.9 cm³/mol. The summed E-state index contributed by atoms with van der Waals surface area (Å²) in [5, 5.41) is 10.8. The van der Waals surface area contributed by atoms with Crippen molar-refractivity contribution in [2.45, 2.75) is 6.18 Å². The number of anilines is 1. The molecule has 0 saturated heterocycles. The number of nitrogens with one attached hydrogen (secondary N) is 1. The normalized spacial score (nSPS) is 10.6. The number of halogens is 3. The van der Waals surface area contributed by atoms with Crippen LogP contribution in [0.3, 0.4) is 0 Å². The molecule has 0 aliphatic heterocycles. The molecule has 0 atom stereocenters. The lowest BCUT2D eigenvalue weighted by Crippen LogP contribution is -2.14. The third kappa shape index (κ3) is 3.01. The van der Waals surface area contributed by atoms with Crippen LogP contribution in [0.5, 0.6) is 0 Å². The lowest BCUT2D eigenvalue weighted by Gasteiger charge is -2.10. The average molecular weight is 257 g/mol. The van der Waals surface area contributed by atoms with E-state index in [1.165, 1.54) is 0 Å². The van der Waals surface area contributed by atoms with Gasteiger partial charge in [-0.2, -0.15) is 13.2 Å². The fourth-order valence-electron chi connectivity index (χ4n) is 1.16. The van der Waals surface area contributed by atoms with Gasteiger partial charge in [0.1, 0.15) is 0 Å². The van der Waals surface area contributed by atoms with E-state index in [-0.39, 0.29) is 5.69 Å². The van der Waals surface area contributed by atoms with Gasteiger partial charge in [-0.3, -0.25) is 4.79 Å². The molecule has 94 valence electrons. The van der Waals surface area contributed by atoms with Crippen molar-refractivity contribution in [3.63, 3.8) is 0 Å². The summed E-state index contributed by atoms with van der Waals surface area (Å²) >= 11 is 0. The van der Waals surface area contributed by atoms with Crippen molar-refractivity contribution in [3.8, 4) is 12.3 Å². The lowest BCUT2D eigenvalue weighted by atomic mass is 10.1. The zero-order valence-electron chi connectivity index (χ0n) is 8.71.